The van der Waals surface area contributed by atoms with Crippen LogP contribution in [-0.2, 0) is 0 Å². The van der Waals surface area contributed by atoms with Gasteiger partial charge in [0.2, 0.25) is 0 Å². The lowest BCUT2D eigenvalue weighted by Crippen LogP contribution is -2.20. The summed E-state index contributed by atoms with van der Waals surface area (Å²) in [6.45, 7) is 8.62. The molecule has 0 saturated carbocycles. The summed E-state index contributed by atoms with van der Waals surface area (Å²) in [7, 11) is 0. The quantitative estimate of drug-likeness (QED) is 0.716. The van der Waals surface area contributed by atoms with Gasteiger partial charge >= 0.3 is 0 Å². The van der Waals surface area contributed by atoms with E-state index in [1.165, 1.54) is 16.7 Å². The van der Waals surface area contributed by atoms with Crippen molar-refractivity contribution in [3.63, 3.8) is 0 Å². The molecule has 22 heavy (non-hydrogen) atoms. The van der Waals surface area contributed by atoms with E-state index >= 15 is 0 Å². The van der Waals surface area contributed by atoms with Gasteiger partial charge in [-0.25, -0.2) is 0 Å². The van der Waals surface area contributed by atoms with Crippen molar-refractivity contribution < 1.29 is 0 Å². The minimum atomic E-state index is 0.507. The molecule has 2 N–H and O–H groups in total. The number of para-hydroxylation sites is 1. The highest BCUT2D eigenvalue weighted by atomic mass is 32.1. The average molecular weight is 312 g/mol. The van der Waals surface area contributed by atoms with Gasteiger partial charge < -0.3 is 10.6 Å². The molecule has 2 aromatic carbocycles. The van der Waals surface area contributed by atoms with Crippen LogP contribution < -0.4 is 10.6 Å². The Morgan fingerprint density at radius 3 is 2.41 bits per heavy atom. The Morgan fingerprint density at radius 2 is 1.73 bits per heavy atom. The molecule has 0 aliphatic heterocycles. The van der Waals surface area contributed by atoms with Crippen LogP contribution in [0.25, 0.3) is 0 Å². The molecule has 116 valence electrons. The number of hydrogen-bond donors (Lipinski definition) is 2. The van der Waals surface area contributed by atoms with Crippen molar-refractivity contribution in [2.75, 3.05) is 10.6 Å². The zero-order valence-corrected chi connectivity index (χ0v) is 14.6. The molecule has 2 nitrogen and oxygen atoms in total. The van der Waals surface area contributed by atoms with Gasteiger partial charge in [0.15, 0.2) is 5.11 Å². The third-order valence-electron chi connectivity index (χ3n) is 3.98. The first-order chi connectivity index (χ1) is 10.5. The van der Waals surface area contributed by atoms with Gasteiger partial charge in [-0.15, -0.1) is 0 Å². The third kappa shape index (κ3) is 4.08. The Hall–Kier alpha value is -1.87. The van der Waals surface area contributed by atoms with Crippen LogP contribution in [0.5, 0.6) is 0 Å². The minimum Gasteiger partial charge on any atom is -0.332 e. The summed E-state index contributed by atoms with van der Waals surface area (Å²) in [5, 5.41) is 7.25. The molecule has 3 heteroatoms. The molecule has 0 fully saturated rings. The number of rotatable bonds is 4. The molecule has 0 radical (unpaired) electrons. The van der Waals surface area contributed by atoms with Crippen LogP contribution in [0.1, 0.15) is 42.9 Å². The normalized spacial score (nSPS) is 11.8. The third-order valence-corrected chi connectivity index (χ3v) is 4.19. The van der Waals surface area contributed by atoms with E-state index < -0.39 is 0 Å². The molecular formula is C19H24N2S. The molecule has 0 bridgehead atoms. The Kier molecular flexibility index (Phi) is 5.56. The Bertz CT molecular complexity index is 664. The van der Waals surface area contributed by atoms with Crippen molar-refractivity contribution in [2.45, 2.75) is 40.0 Å². The predicted molar refractivity (Wildman–Crippen MR) is 101 cm³/mol. The lowest BCUT2D eigenvalue weighted by atomic mass is 9.97. The van der Waals surface area contributed by atoms with Crippen molar-refractivity contribution in [1.29, 1.82) is 0 Å². The van der Waals surface area contributed by atoms with Gasteiger partial charge in [0.25, 0.3) is 0 Å². The number of thiocarbonyl (C=S) groups is 1. The Labute approximate surface area is 139 Å². The van der Waals surface area contributed by atoms with Gasteiger partial charge in [-0.05, 0) is 61.7 Å². The molecule has 1 unspecified atom stereocenters. The van der Waals surface area contributed by atoms with Gasteiger partial charge in [0.05, 0.1) is 0 Å². The first-order valence-electron chi connectivity index (χ1n) is 7.75. The molecule has 0 aliphatic rings. The van der Waals surface area contributed by atoms with Crippen molar-refractivity contribution in [2.24, 2.45) is 0 Å². The van der Waals surface area contributed by atoms with E-state index in [0.29, 0.717) is 11.0 Å². The summed E-state index contributed by atoms with van der Waals surface area (Å²) < 4.78 is 0. The first-order valence-corrected chi connectivity index (χ1v) is 8.16. The van der Waals surface area contributed by atoms with Crippen LogP contribution in [0, 0.1) is 13.8 Å². The van der Waals surface area contributed by atoms with Crippen LogP contribution in [0.4, 0.5) is 11.4 Å². The molecule has 1 atom stereocenters. The van der Waals surface area contributed by atoms with E-state index in [2.05, 4.69) is 74.7 Å². The maximum absolute atomic E-state index is 5.47. The smallest absolute Gasteiger partial charge is 0.175 e. The topological polar surface area (TPSA) is 24.1 Å². The van der Waals surface area contributed by atoms with Crippen LogP contribution >= 0.6 is 12.2 Å². The fourth-order valence-electron chi connectivity index (χ4n) is 2.49. The second-order valence-corrected chi connectivity index (χ2v) is 6.20. The molecule has 2 aromatic rings. The number of benzene rings is 2. The Morgan fingerprint density at radius 1 is 1.05 bits per heavy atom. The largest absolute Gasteiger partial charge is 0.332 e. The van der Waals surface area contributed by atoms with Crippen LogP contribution in [0.2, 0.25) is 0 Å². The summed E-state index contributed by atoms with van der Waals surface area (Å²) in [6.07, 6.45) is 1.11. The molecule has 0 amide bonds. The lowest BCUT2D eigenvalue weighted by molar-refractivity contribution is 0.736. The van der Waals surface area contributed by atoms with Gasteiger partial charge in [0.1, 0.15) is 0 Å². The summed E-state index contributed by atoms with van der Waals surface area (Å²) in [5.74, 6) is 0.507. The van der Waals surface area contributed by atoms with Gasteiger partial charge in [-0.2, -0.15) is 0 Å². The van der Waals surface area contributed by atoms with Crippen molar-refractivity contribution in [3.8, 4) is 0 Å². The fourth-order valence-corrected chi connectivity index (χ4v) is 2.71. The zero-order valence-electron chi connectivity index (χ0n) is 13.7. The number of hydrogen-bond acceptors (Lipinski definition) is 1. The highest BCUT2D eigenvalue weighted by molar-refractivity contribution is 7.80. The number of nitrogens with one attached hydrogen (secondary N) is 2. The van der Waals surface area contributed by atoms with Gasteiger partial charge in [-0.3, -0.25) is 0 Å². The average Bonchev–Trinajstić information content (AvgIpc) is 2.50. The van der Waals surface area contributed by atoms with E-state index in [4.69, 9.17) is 12.2 Å². The monoisotopic (exact) mass is 312 g/mol. The maximum atomic E-state index is 5.47. The van der Waals surface area contributed by atoms with E-state index in [-0.39, 0.29) is 0 Å². The molecule has 0 aliphatic carbocycles. The standard InChI is InChI=1S/C19H24N2S/c1-5-14(3)16-8-6-7-9-18(16)21-19(22)20-17-11-10-13(2)12-15(17)4/h6-12,14H,5H2,1-4H3,(H2,20,21,22). The van der Waals surface area contributed by atoms with Crippen LogP contribution in [0.15, 0.2) is 42.5 Å². The molecular weight excluding hydrogens is 288 g/mol. The van der Waals surface area contributed by atoms with E-state index in [9.17, 15) is 0 Å². The minimum absolute atomic E-state index is 0.507. The second-order valence-electron chi connectivity index (χ2n) is 5.79. The van der Waals surface area contributed by atoms with Crippen LogP contribution in [0.3, 0.4) is 0 Å². The van der Waals surface area contributed by atoms with Crippen LogP contribution in [-0.4, -0.2) is 5.11 Å². The van der Waals surface area contributed by atoms with Crippen molar-refractivity contribution in [3.05, 3.63) is 59.2 Å². The summed E-state index contributed by atoms with van der Waals surface area (Å²) >= 11 is 5.47. The molecule has 2 rings (SSSR count). The SMILES string of the molecule is CCC(C)c1ccccc1NC(=S)Nc1ccc(C)cc1C. The highest BCUT2D eigenvalue weighted by Crippen LogP contribution is 2.26. The highest BCUT2D eigenvalue weighted by Gasteiger charge is 2.10. The second kappa shape index (κ2) is 7.41. The number of anilines is 2. The maximum Gasteiger partial charge on any atom is 0.175 e. The lowest BCUT2D eigenvalue weighted by Gasteiger charge is -2.18. The first kappa shape index (κ1) is 16.5. The van der Waals surface area contributed by atoms with Gasteiger partial charge in [-0.1, -0.05) is 49.7 Å². The molecule has 0 saturated heterocycles. The predicted octanol–water partition coefficient (Wildman–Crippen LogP) is 5.63. The van der Waals surface area contributed by atoms with Gasteiger partial charge in [0, 0.05) is 11.4 Å². The van der Waals surface area contributed by atoms with E-state index in [1.807, 2.05) is 6.07 Å². The molecule has 0 heterocycles. The number of aryl methyl sites for hydroxylation is 2. The Balaban J connectivity index is 2.12. The summed E-state index contributed by atoms with van der Waals surface area (Å²) in [5.41, 5.74) is 5.88. The fraction of sp³-hybridized carbons (Fsp3) is 0.316. The van der Waals surface area contributed by atoms with E-state index in [0.717, 1.165) is 17.8 Å². The zero-order chi connectivity index (χ0) is 16.1. The molecule has 0 spiro atoms. The molecule has 0 aromatic heterocycles. The summed E-state index contributed by atoms with van der Waals surface area (Å²) in [4.78, 5) is 0. The van der Waals surface area contributed by atoms with Crippen molar-refractivity contribution >= 4 is 28.7 Å². The summed E-state index contributed by atoms with van der Waals surface area (Å²) in [6, 6.07) is 14.7. The van der Waals surface area contributed by atoms with Crippen molar-refractivity contribution in [1.82, 2.24) is 0 Å². The van der Waals surface area contributed by atoms with E-state index in [1.54, 1.807) is 0 Å².